The molecule has 4 atom stereocenters. The Morgan fingerprint density at radius 3 is 2.82 bits per heavy atom. The number of benzene rings is 1. The Balaban J connectivity index is 1.58. The van der Waals surface area contributed by atoms with Crippen molar-refractivity contribution < 1.29 is 9.90 Å². The summed E-state index contributed by atoms with van der Waals surface area (Å²) in [6.07, 6.45) is 4.85. The molecule has 1 unspecified atom stereocenters. The quantitative estimate of drug-likeness (QED) is 0.443. The molecule has 3 aromatic rings. The highest BCUT2D eigenvalue weighted by Crippen LogP contribution is 2.35. The monoisotopic (exact) mass is 484 g/mol. The van der Waals surface area contributed by atoms with E-state index < -0.39 is 0 Å². The van der Waals surface area contributed by atoms with Gasteiger partial charge in [-0.2, -0.15) is 0 Å². The third-order valence-electron chi connectivity index (χ3n) is 6.42. The van der Waals surface area contributed by atoms with Crippen molar-refractivity contribution in [3.8, 4) is 0 Å². The van der Waals surface area contributed by atoms with Gasteiger partial charge in [-0.3, -0.25) is 9.69 Å². The van der Waals surface area contributed by atoms with Crippen LogP contribution in [0, 0.1) is 11.8 Å². The average molecular weight is 485 g/mol. The topological polar surface area (TPSA) is 78.4 Å². The van der Waals surface area contributed by atoms with Crippen LogP contribution in [0.15, 0.2) is 48.2 Å². The number of aliphatic hydroxyl groups is 1. The summed E-state index contributed by atoms with van der Waals surface area (Å²) in [5.74, 6) is 1.17. The average Bonchev–Trinajstić information content (AvgIpc) is 3.40. The highest BCUT2D eigenvalue weighted by atomic mass is 35.5. The Morgan fingerprint density at radius 1 is 1.30 bits per heavy atom. The fourth-order valence-electron chi connectivity index (χ4n) is 4.72. The molecule has 0 saturated heterocycles. The molecular weight excluding hydrogens is 456 g/mol. The number of nitrogens with one attached hydrogen (secondary N) is 1. The van der Waals surface area contributed by atoms with Crippen molar-refractivity contribution in [2.75, 3.05) is 26.0 Å². The van der Waals surface area contributed by atoms with Crippen LogP contribution in [-0.4, -0.2) is 52.5 Å². The van der Waals surface area contributed by atoms with E-state index in [0.29, 0.717) is 27.2 Å². The Hall–Kier alpha value is -2.32. The number of hydrogen-bond acceptors (Lipinski definition) is 7. The van der Waals surface area contributed by atoms with Gasteiger partial charge in [0, 0.05) is 23.9 Å². The lowest BCUT2D eigenvalue weighted by atomic mass is 9.99. The molecule has 1 aliphatic carbocycles. The molecule has 0 radical (unpaired) electrons. The van der Waals surface area contributed by atoms with Crippen molar-refractivity contribution in [3.63, 3.8) is 0 Å². The van der Waals surface area contributed by atoms with E-state index in [-0.39, 0.29) is 30.4 Å². The summed E-state index contributed by atoms with van der Waals surface area (Å²) < 4.78 is 0. The highest BCUT2D eigenvalue weighted by molar-refractivity contribution is 7.12. The van der Waals surface area contributed by atoms with Crippen LogP contribution in [0.1, 0.15) is 52.2 Å². The Kier molecular flexibility index (Phi) is 7.44. The van der Waals surface area contributed by atoms with Gasteiger partial charge in [-0.1, -0.05) is 30.7 Å². The van der Waals surface area contributed by atoms with Gasteiger partial charge in [-0.25, -0.2) is 9.97 Å². The molecular formula is C25H29ClN4O2S. The molecule has 2 heterocycles. The minimum Gasteiger partial charge on any atom is -0.396 e. The maximum absolute atomic E-state index is 13.4. The van der Waals surface area contributed by atoms with Crippen LogP contribution >= 0.6 is 22.9 Å². The van der Waals surface area contributed by atoms with Crippen LogP contribution in [0.2, 0.25) is 5.02 Å². The molecule has 0 bridgehead atoms. The molecule has 1 fully saturated rings. The molecule has 0 spiro atoms. The molecule has 2 aromatic heterocycles. The highest BCUT2D eigenvalue weighted by Gasteiger charge is 2.32. The smallest absolute Gasteiger partial charge is 0.208 e. The van der Waals surface area contributed by atoms with E-state index >= 15 is 0 Å². The SMILES string of the molecule is C[C@H]1C[C@H](Nc2ncncc2C(=O)c2cc(C(c3cccc(Cl)c3)N(C)C)cs2)C[C@@H]1CO. The second-order valence-electron chi connectivity index (χ2n) is 9.01. The van der Waals surface area contributed by atoms with Crippen molar-refractivity contribution in [1.82, 2.24) is 14.9 Å². The molecule has 0 aliphatic heterocycles. The summed E-state index contributed by atoms with van der Waals surface area (Å²) in [5, 5.41) is 15.7. The fourth-order valence-corrected chi connectivity index (χ4v) is 5.80. The number of ketones is 1. The molecule has 1 aliphatic rings. The molecule has 1 aromatic carbocycles. The molecule has 1 saturated carbocycles. The number of aromatic nitrogens is 2. The molecule has 174 valence electrons. The molecule has 2 N–H and O–H groups in total. The van der Waals surface area contributed by atoms with Crippen molar-refractivity contribution in [2.24, 2.45) is 11.8 Å². The number of hydrogen-bond donors (Lipinski definition) is 2. The van der Waals surface area contributed by atoms with Gasteiger partial charge in [0.05, 0.1) is 16.5 Å². The minimum atomic E-state index is -0.0947. The van der Waals surface area contributed by atoms with Crippen LogP contribution in [-0.2, 0) is 0 Å². The van der Waals surface area contributed by atoms with Crippen LogP contribution in [0.3, 0.4) is 0 Å². The predicted octanol–water partition coefficient (Wildman–Crippen LogP) is 4.89. The van der Waals surface area contributed by atoms with Crippen molar-refractivity contribution in [3.05, 3.63) is 74.8 Å². The molecule has 0 amide bonds. The van der Waals surface area contributed by atoms with Gasteiger partial charge in [0.15, 0.2) is 0 Å². The maximum atomic E-state index is 13.4. The zero-order chi connectivity index (χ0) is 23.5. The Morgan fingerprint density at radius 2 is 2.12 bits per heavy atom. The van der Waals surface area contributed by atoms with Crippen LogP contribution in [0.5, 0.6) is 0 Å². The zero-order valence-electron chi connectivity index (χ0n) is 19.0. The first kappa shape index (κ1) is 23.8. The number of carbonyl (C=O) groups excluding carboxylic acids is 1. The summed E-state index contributed by atoms with van der Waals surface area (Å²) >= 11 is 7.65. The van der Waals surface area contributed by atoms with Gasteiger partial charge in [0.1, 0.15) is 12.1 Å². The minimum absolute atomic E-state index is 0.0125. The third-order valence-corrected chi connectivity index (χ3v) is 7.60. The van der Waals surface area contributed by atoms with E-state index in [9.17, 15) is 9.90 Å². The number of aliphatic hydroxyl groups excluding tert-OH is 1. The first-order chi connectivity index (χ1) is 15.9. The van der Waals surface area contributed by atoms with Crippen molar-refractivity contribution >= 4 is 34.5 Å². The number of rotatable bonds is 8. The van der Waals surface area contributed by atoms with Crippen molar-refractivity contribution in [1.29, 1.82) is 0 Å². The fraction of sp³-hybridized carbons (Fsp3) is 0.400. The number of carbonyl (C=O) groups is 1. The van der Waals surface area contributed by atoms with E-state index in [4.69, 9.17) is 11.6 Å². The summed E-state index contributed by atoms with van der Waals surface area (Å²) in [7, 11) is 4.03. The normalized spacial score (nSPS) is 21.3. The second kappa shape index (κ2) is 10.3. The number of anilines is 1. The van der Waals surface area contributed by atoms with Gasteiger partial charge in [0.2, 0.25) is 5.78 Å². The van der Waals surface area contributed by atoms with Gasteiger partial charge >= 0.3 is 0 Å². The lowest BCUT2D eigenvalue weighted by molar-refractivity contribution is 0.104. The number of nitrogens with zero attached hydrogens (tertiary/aromatic N) is 3. The van der Waals surface area contributed by atoms with Gasteiger partial charge in [0.25, 0.3) is 0 Å². The Labute approximate surface area is 203 Å². The molecule has 4 rings (SSSR count). The lowest BCUT2D eigenvalue weighted by Gasteiger charge is -2.24. The Bertz CT molecular complexity index is 1120. The van der Waals surface area contributed by atoms with E-state index in [2.05, 4.69) is 27.1 Å². The predicted molar refractivity (Wildman–Crippen MR) is 133 cm³/mol. The largest absolute Gasteiger partial charge is 0.396 e. The summed E-state index contributed by atoms with van der Waals surface area (Å²) in [5.41, 5.74) is 2.58. The molecule has 33 heavy (non-hydrogen) atoms. The number of thiophene rings is 1. The summed E-state index contributed by atoms with van der Waals surface area (Å²) in [6, 6.07) is 9.93. The van der Waals surface area contributed by atoms with E-state index in [0.717, 1.165) is 24.0 Å². The molecule has 6 nitrogen and oxygen atoms in total. The first-order valence-electron chi connectivity index (χ1n) is 11.1. The van der Waals surface area contributed by atoms with Gasteiger partial charge in [-0.15, -0.1) is 11.3 Å². The van der Waals surface area contributed by atoms with E-state index in [1.807, 2.05) is 49.8 Å². The standard InChI is InChI=1S/C25H29ClN4O2S/c1-15-7-20(9-17(15)12-31)29-25-21(11-27-14-28-25)24(32)22-10-18(13-33-22)23(30(2)3)16-5-4-6-19(26)8-16/h4-6,8,10-11,13-15,17,20,23,31H,7,9,12H2,1-3H3,(H,27,28,29)/t15-,17+,20-,23?/m0/s1. The van der Waals surface area contributed by atoms with Crippen LogP contribution in [0.4, 0.5) is 5.82 Å². The third kappa shape index (κ3) is 5.27. The van der Waals surface area contributed by atoms with Crippen LogP contribution in [0.25, 0.3) is 0 Å². The van der Waals surface area contributed by atoms with E-state index in [1.54, 1.807) is 6.20 Å². The summed E-state index contributed by atoms with van der Waals surface area (Å²) in [4.78, 5) is 24.7. The lowest BCUT2D eigenvalue weighted by Crippen LogP contribution is -2.21. The van der Waals surface area contributed by atoms with Crippen LogP contribution < -0.4 is 5.32 Å². The van der Waals surface area contributed by atoms with Gasteiger partial charge < -0.3 is 10.4 Å². The van der Waals surface area contributed by atoms with E-state index in [1.165, 1.54) is 17.7 Å². The first-order valence-corrected chi connectivity index (χ1v) is 12.4. The second-order valence-corrected chi connectivity index (χ2v) is 10.4. The summed E-state index contributed by atoms with van der Waals surface area (Å²) in [6.45, 7) is 2.34. The maximum Gasteiger partial charge on any atom is 0.208 e. The zero-order valence-corrected chi connectivity index (χ0v) is 20.6. The molecule has 8 heteroatoms. The number of halogens is 1. The van der Waals surface area contributed by atoms with Crippen molar-refractivity contribution in [2.45, 2.75) is 31.8 Å². The van der Waals surface area contributed by atoms with Gasteiger partial charge in [-0.05, 0) is 73.5 Å².